The number of rotatable bonds is 14. The minimum atomic E-state index is -3.06. The maximum atomic E-state index is 15.0. The van der Waals surface area contributed by atoms with Crippen LogP contribution in [0, 0.1) is 0 Å². The van der Waals surface area contributed by atoms with Crippen LogP contribution in [0.4, 0.5) is 0 Å². The molecule has 10 heteroatoms. The van der Waals surface area contributed by atoms with Gasteiger partial charge in [0.2, 0.25) is 0 Å². The highest BCUT2D eigenvalue weighted by atomic mass is 31.2. The van der Waals surface area contributed by atoms with Gasteiger partial charge in [0, 0.05) is 109 Å². The third-order valence-corrected chi connectivity index (χ3v) is 37.3. The molecule has 28 rings (SSSR count). The molecule has 3 aliphatic rings. The van der Waals surface area contributed by atoms with Crippen molar-refractivity contribution in [1.29, 1.82) is 0 Å². The van der Waals surface area contributed by atoms with Gasteiger partial charge in [0.15, 0.2) is 14.3 Å². The van der Waals surface area contributed by atoms with E-state index in [1.165, 1.54) is 126 Å². The average molecular weight is 1950 g/mol. The first-order valence-corrected chi connectivity index (χ1v) is 54.5. The predicted octanol–water partition coefficient (Wildman–Crippen LogP) is 33.0. The molecule has 0 aliphatic heterocycles. The van der Waals surface area contributed by atoms with E-state index in [1.54, 1.807) is 0 Å². The summed E-state index contributed by atoms with van der Waals surface area (Å²) in [4.78, 5) is 30.6. The van der Waals surface area contributed by atoms with Crippen molar-refractivity contribution in [2.24, 2.45) is 0 Å². The Morgan fingerprint density at radius 3 is 0.886 bits per heavy atom. The lowest BCUT2D eigenvalue weighted by atomic mass is 9.78. The van der Waals surface area contributed by atoms with E-state index in [0.29, 0.717) is 0 Å². The Bertz CT molecular complexity index is 9630. The molecule has 6 heterocycles. The van der Waals surface area contributed by atoms with Crippen molar-refractivity contribution in [3.8, 4) is 123 Å². The molecule has 19 aromatic carbocycles. The monoisotopic (exact) mass is 1950 g/mol. The van der Waals surface area contributed by atoms with Crippen molar-refractivity contribution in [1.82, 2.24) is 29.9 Å². The first-order valence-electron chi connectivity index (χ1n) is 51.0. The Labute approximate surface area is 866 Å². The number of aromatic nitrogens is 6. The van der Waals surface area contributed by atoms with Gasteiger partial charge in [0.05, 0.1) is 56.4 Å². The summed E-state index contributed by atoms with van der Waals surface area (Å²) in [5, 5.41) is 17.9. The molecular formula is C139H100N6O2P2. The van der Waals surface area contributed by atoms with Crippen LogP contribution in [-0.4, -0.2) is 29.9 Å². The third kappa shape index (κ3) is 15.4. The molecule has 6 aromatic heterocycles. The Kier molecular flexibility index (Phi) is 22.4. The second-order valence-corrected chi connectivity index (χ2v) is 46.4. The molecule has 3 aliphatic carbocycles. The molecule has 0 saturated heterocycles. The maximum Gasteiger partial charge on any atom is 0.171 e. The van der Waals surface area contributed by atoms with Gasteiger partial charge < -0.3 is 9.13 Å². The molecular weight excluding hydrogens is 1850 g/mol. The van der Waals surface area contributed by atoms with Crippen LogP contribution in [0.2, 0.25) is 0 Å². The summed E-state index contributed by atoms with van der Waals surface area (Å²) in [7, 11) is -6.08. The number of hydrogen-bond acceptors (Lipinski definition) is 8. The van der Waals surface area contributed by atoms with Gasteiger partial charge in [-0.2, -0.15) is 0 Å². The van der Waals surface area contributed by atoms with Gasteiger partial charge in [-0.15, -0.1) is 0 Å². The number of nitrogens with zero attached hydrogens (tertiary/aromatic N) is 6. The quantitative estimate of drug-likeness (QED) is 0.0782. The van der Waals surface area contributed by atoms with Crippen LogP contribution >= 0.6 is 14.3 Å². The van der Waals surface area contributed by atoms with E-state index in [9.17, 15) is 4.57 Å². The summed E-state index contributed by atoms with van der Waals surface area (Å²) < 4.78 is 29.9. The molecule has 0 atom stereocenters. The van der Waals surface area contributed by atoms with Gasteiger partial charge >= 0.3 is 0 Å². The minimum Gasteiger partial charge on any atom is -0.309 e. The van der Waals surface area contributed by atoms with Crippen molar-refractivity contribution in [2.75, 3.05) is 0 Å². The molecule has 708 valence electrons. The van der Waals surface area contributed by atoms with Crippen LogP contribution in [-0.2, 0) is 25.4 Å². The smallest absolute Gasteiger partial charge is 0.171 e. The summed E-state index contributed by atoms with van der Waals surface area (Å²) in [6.45, 7) is 14.0. The minimum absolute atomic E-state index is 0.199. The molecule has 0 fully saturated rings. The Morgan fingerprint density at radius 1 is 0.188 bits per heavy atom. The molecule has 149 heavy (non-hydrogen) atoms. The number of fused-ring (bicyclic) bond motifs is 19. The van der Waals surface area contributed by atoms with Crippen molar-refractivity contribution in [3.05, 3.63) is 531 Å². The van der Waals surface area contributed by atoms with Gasteiger partial charge in [-0.3, -0.25) is 9.97 Å². The highest BCUT2D eigenvalue weighted by Gasteiger charge is 2.44. The Balaban J connectivity index is 0.000000113. The summed E-state index contributed by atoms with van der Waals surface area (Å²) in [5.41, 5.74) is 34.5. The molecule has 0 spiro atoms. The molecule has 0 saturated carbocycles. The van der Waals surface area contributed by atoms with Crippen molar-refractivity contribution < 1.29 is 9.13 Å². The summed E-state index contributed by atoms with van der Waals surface area (Å²) in [6.07, 6.45) is 3.62. The van der Waals surface area contributed by atoms with Crippen LogP contribution in [0.25, 0.3) is 199 Å². The zero-order valence-corrected chi connectivity index (χ0v) is 85.0. The van der Waals surface area contributed by atoms with Crippen LogP contribution in [0.1, 0.15) is 74.9 Å². The van der Waals surface area contributed by atoms with Gasteiger partial charge in [-0.05, 0) is 182 Å². The zero-order chi connectivity index (χ0) is 100. The molecule has 0 bridgehead atoms. The van der Waals surface area contributed by atoms with Gasteiger partial charge in [-0.25, -0.2) is 19.9 Å². The van der Waals surface area contributed by atoms with E-state index in [-0.39, 0.29) is 16.2 Å². The van der Waals surface area contributed by atoms with Crippen LogP contribution in [0.3, 0.4) is 0 Å². The lowest BCUT2D eigenvalue weighted by Crippen LogP contribution is -2.24. The van der Waals surface area contributed by atoms with E-state index in [2.05, 4.69) is 367 Å². The fourth-order valence-electron chi connectivity index (χ4n) is 23.8. The summed E-state index contributed by atoms with van der Waals surface area (Å²) in [5.74, 6) is 0. The first-order chi connectivity index (χ1) is 72.9. The van der Waals surface area contributed by atoms with Crippen molar-refractivity contribution in [2.45, 2.75) is 57.8 Å². The SMILES string of the molecule is CC1(C)c2ccccc2-c2nc3c(ccc4ccccc43)c(-c3ccc(-c4ccc(P(=O)(c5ccccc5)c5ccccc5)cc4)cc3)c21.CC1(C)c2ccccc2-c2nc3c(ccc4ccccc43)c(-c3ccc(-c4ccc5cc(P(=O)(c6ccccc6)c6ccccc6)ccc5c4)cc3)c21.CC1(C)c2ccccc2-c2nc3c(ccc4ccccc43)c(-c3cccc(-c4cc(-c5ccccn5)nc(-c5ccccn5)c4)c3)c21. The standard InChI is InChI=1S/C50H36NOP.C46H34NOP.C43H30N4/c1-50(2)45-20-12-11-19-43(45)49-47(50)46(44-30-28-34-13-9-10-18-42(34)48(44)51-49)35-23-21-33(22-24-35)36-25-26-38-32-41(29-27-37(38)31-36)53(52,39-14-5-3-6-15-39)40-16-7-4-8-17-40;1-46(2)41-20-12-11-19-39(41)45-43(46)42(40-30-27-33-13-9-10-18-38(33)44(40)47-45)34-23-21-31(22-24-34)32-25-28-37(29-26-32)49(48,35-14-5-3-6-15-35)36-16-7-4-8-17-36;1-43(2)34-17-6-5-16-32(34)42-40(43)39(33-21-20-27-12-3-4-15-31(27)41(33)47-42)29-14-11-13-28(24-29)30-25-37(35-18-7-9-22-44-35)46-38(26-30)36-19-8-10-23-45-36/h3-32H,1-2H3;3-30H,1-2H3;3-26H,1-2H3. The molecule has 0 radical (unpaired) electrons. The average Bonchev–Trinajstić information content (AvgIpc) is 1.55. The zero-order valence-electron chi connectivity index (χ0n) is 83.2. The van der Waals surface area contributed by atoms with Gasteiger partial charge in [-0.1, -0.05) is 472 Å². The van der Waals surface area contributed by atoms with Crippen molar-refractivity contribution >= 4 is 122 Å². The second-order valence-electron chi connectivity index (χ2n) is 40.8. The van der Waals surface area contributed by atoms with E-state index in [1.807, 2.05) is 182 Å². The Hall–Kier alpha value is -17.6. The first kappa shape index (κ1) is 91.3. The van der Waals surface area contributed by atoms with E-state index < -0.39 is 14.3 Å². The van der Waals surface area contributed by atoms with Crippen molar-refractivity contribution in [3.63, 3.8) is 0 Å². The van der Waals surface area contributed by atoms with E-state index in [0.717, 1.165) is 138 Å². The number of hydrogen-bond donors (Lipinski definition) is 0. The topological polar surface area (TPSA) is 111 Å². The molecule has 0 amide bonds. The third-order valence-electron chi connectivity index (χ3n) is 31.2. The summed E-state index contributed by atoms with van der Waals surface area (Å²) in [6, 6.07) is 169. The highest BCUT2D eigenvalue weighted by molar-refractivity contribution is 7.85. The fourth-order valence-corrected chi connectivity index (χ4v) is 29.2. The largest absolute Gasteiger partial charge is 0.309 e. The number of pyridine rings is 6. The lowest BCUT2D eigenvalue weighted by Gasteiger charge is -2.25. The van der Waals surface area contributed by atoms with Gasteiger partial charge in [0.1, 0.15) is 0 Å². The van der Waals surface area contributed by atoms with Crippen LogP contribution in [0.5, 0.6) is 0 Å². The van der Waals surface area contributed by atoms with Crippen LogP contribution < -0.4 is 31.8 Å². The molecule has 25 aromatic rings. The number of benzene rings is 19. The second kappa shape index (κ2) is 36.5. The van der Waals surface area contributed by atoms with E-state index in [4.69, 9.17) is 19.9 Å². The molecule has 8 nitrogen and oxygen atoms in total. The summed E-state index contributed by atoms with van der Waals surface area (Å²) >= 11 is 0. The predicted molar refractivity (Wildman–Crippen MR) is 624 cm³/mol. The van der Waals surface area contributed by atoms with E-state index >= 15 is 4.57 Å². The van der Waals surface area contributed by atoms with Gasteiger partial charge in [0.25, 0.3) is 0 Å². The van der Waals surface area contributed by atoms with Crippen LogP contribution in [0.15, 0.2) is 498 Å². The normalized spacial score (nSPS) is 13.2. The maximum absolute atomic E-state index is 15.0. The Morgan fingerprint density at radius 2 is 0.483 bits per heavy atom. The molecule has 0 unspecified atom stereocenters. The molecule has 0 N–H and O–H groups in total. The lowest BCUT2D eigenvalue weighted by molar-refractivity contribution is 0.591. The highest BCUT2D eigenvalue weighted by Crippen LogP contribution is 2.59. The fraction of sp³-hybridized carbons (Fsp3) is 0.0647.